The fourth-order valence-electron chi connectivity index (χ4n) is 2.30. The Labute approximate surface area is 138 Å². The van der Waals surface area contributed by atoms with Crippen molar-refractivity contribution in [3.8, 4) is 5.75 Å². The van der Waals surface area contributed by atoms with Crippen molar-refractivity contribution >= 4 is 23.2 Å². The van der Waals surface area contributed by atoms with Gasteiger partial charge in [0, 0.05) is 23.2 Å². The lowest BCUT2D eigenvalue weighted by molar-refractivity contribution is 0.290. The van der Waals surface area contributed by atoms with E-state index in [-0.39, 0.29) is 5.75 Å². The number of nitrogens with one attached hydrogen (secondary N) is 1. The van der Waals surface area contributed by atoms with Crippen molar-refractivity contribution in [2.45, 2.75) is 46.2 Å². The average Bonchev–Trinajstić information content (AvgIpc) is 2.46. The minimum Gasteiger partial charge on any atom is -0.506 e. The van der Waals surface area contributed by atoms with E-state index in [0.717, 1.165) is 38.0 Å². The molecule has 0 aromatic heterocycles. The van der Waals surface area contributed by atoms with Crippen LogP contribution < -0.4 is 5.32 Å². The molecule has 1 rings (SSSR count). The van der Waals surface area contributed by atoms with E-state index in [1.807, 2.05) is 0 Å². The van der Waals surface area contributed by atoms with Crippen molar-refractivity contribution in [1.29, 1.82) is 0 Å². The van der Waals surface area contributed by atoms with Gasteiger partial charge < -0.3 is 15.3 Å². The first-order valence-corrected chi connectivity index (χ1v) is 8.36. The molecule has 1 aromatic carbocycles. The summed E-state index contributed by atoms with van der Waals surface area (Å²) in [5.41, 5.74) is 0.739. The zero-order chi connectivity index (χ0) is 15.8. The highest BCUT2D eigenvalue weighted by Gasteiger charge is 2.09. The average molecular weight is 333 g/mol. The van der Waals surface area contributed by atoms with Crippen molar-refractivity contribution in [2.75, 3.05) is 19.6 Å². The monoisotopic (exact) mass is 332 g/mol. The molecule has 1 unspecified atom stereocenters. The highest BCUT2D eigenvalue weighted by molar-refractivity contribution is 6.35. The van der Waals surface area contributed by atoms with Crippen LogP contribution in [0, 0.1) is 0 Å². The maximum atomic E-state index is 9.91. The summed E-state index contributed by atoms with van der Waals surface area (Å²) in [5.74, 6) is 0.115. The van der Waals surface area contributed by atoms with Gasteiger partial charge in [-0.1, -0.05) is 37.0 Å². The molecule has 0 saturated heterocycles. The van der Waals surface area contributed by atoms with Crippen LogP contribution in [0.2, 0.25) is 10.0 Å². The summed E-state index contributed by atoms with van der Waals surface area (Å²) in [4.78, 5) is 2.43. The minimum atomic E-state index is 0.115. The van der Waals surface area contributed by atoms with Gasteiger partial charge in [0.1, 0.15) is 5.75 Å². The molecule has 0 amide bonds. The van der Waals surface area contributed by atoms with Gasteiger partial charge in [0.2, 0.25) is 0 Å². The van der Waals surface area contributed by atoms with Gasteiger partial charge in [-0.05, 0) is 51.5 Å². The van der Waals surface area contributed by atoms with Crippen LogP contribution in [0.5, 0.6) is 5.75 Å². The number of rotatable bonds is 9. The van der Waals surface area contributed by atoms with Gasteiger partial charge in [-0.3, -0.25) is 0 Å². The predicted octanol–water partition coefficient (Wildman–Crippen LogP) is 4.30. The molecule has 5 heteroatoms. The highest BCUT2D eigenvalue weighted by atomic mass is 35.5. The van der Waals surface area contributed by atoms with Crippen LogP contribution in [0.25, 0.3) is 0 Å². The molecule has 2 N–H and O–H groups in total. The lowest BCUT2D eigenvalue weighted by atomic mass is 10.1. The molecule has 0 spiro atoms. The van der Waals surface area contributed by atoms with Crippen LogP contribution in [0.4, 0.5) is 0 Å². The quantitative estimate of drug-likeness (QED) is 0.707. The molecule has 0 aliphatic heterocycles. The SMILES string of the molecule is CCN(CC)CCCC(C)NCc1cc(Cl)cc(Cl)c1O. The first kappa shape index (κ1) is 18.6. The summed E-state index contributed by atoms with van der Waals surface area (Å²) in [6.45, 7) is 10.4. The largest absolute Gasteiger partial charge is 0.506 e. The number of nitrogens with zero attached hydrogens (tertiary/aromatic N) is 1. The summed E-state index contributed by atoms with van der Waals surface area (Å²) in [6.07, 6.45) is 2.27. The maximum Gasteiger partial charge on any atom is 0.138 e. The second-order valence-corrected chi connectivity index (χ2v) is 6.19. The second-order valence-electron chi connectivity index (χ2n) is 5.35. The Balaban J connectivity index is 2.38. The number of phenols is 1. The van der Waals surface area contributed by atoms with Crippen molar-refractivity contribution in [3.63, 3.8) is 0 Å². The van der Waals surface area contributed by atoms with Gasteiger partial charge >= 0.3 is 0 Å². The van der Waals surface area contributed by atoms with E-state index in [9.17, 15) is 5.11 Å². The van der Waals surface area contributed by atoms with Crippen molar-refractivity contribution in [3.05, 3.63) is 27.7 Å². The van der Waals surface area contributed by atoms with Crippen LogP contribution in [0.15, 0.2) is 12.1 Å². The maximum absolute atomic E-state index is 9.91. The molecule has 0 aliphatic rings. The molecule has 0 aliphatic carbocycles. The van der Waals surface area contributed by atoms with Gasteiger partial charge in [0.25, 0.3) is 0 Å². The Hall–Kier alpha value is -0.480. The van der Waals surface area contributed by atoms with Gasteiger partial charge in [-0.15, -0.1) is 0 Å². The summed E-state index contributed by atoms with van der Waals surface area (Å²) >= 11 is 11.9. The van der Waals surface area contributed by atoms with E-state index in [2.05, 4.69) is 31.0 Å². The van der Waals surface area contributed by atoms with Crippen molar-refractivity contribution in [2.24, 2.45) is 0 Å². The number of aromatic hydroxyl groups is 1. The van der Waals surface area contributed by atoms with Crippen molar-refractivity contribution < 1.29 is 5.11 Å². The molecule has 120 valence electrons. The number of phenolic OH excluding ortho intramolecular Hbond substituents is 1. The lowest BCUT2D eigenvalue weighted by Crippen LogP contribution is -2.28. The van der Waals surface area contributed by atoms with Gasteiger partial charge in [-0.25, -0.2) is 0 Å². The van der Waals surface area contributed by atoms with E-state index in [1.165, 1.54) is 0 Å². The molecule has 1 atom stereocenters. The number of benzene rings is 1. The zero-order valence-corrected chi connectivity index (χ0v) is 14.6. The molecule has 0 heterocycles. The van der Waals surface area contributed by atoms with Crippen LogP contribution >= 0.6 is 23.2 Å². The standard InChI is InChI=1S/C16H26Cl2N2O/c1-4-20(5-2)8-6-7-12(3)19-11-13-9-14(17)10-15(18)16(13)21/h9-10,12,19,21H,4-8,11H2,1-3H3. The first-order valence-electron chi connectivity index (χ1n) is 7.60. The Morgan fingerprint density at radius 1 is 1.24 bits per heavy atom. The third kappa shape index (κ3) is 6.43. The smallest absolute Gasteiger partial charge is 0.138 e. The Bertz CT molecular complexity index is 437. The summed E-state index contributed by atoms with van der Waals surface area (Å²) < 4.78 is 0. The normalized spacial score (nSPS) is 12.9. The van der Waals surface area contributed by atoms with Gasteiger partial charge in [0.05, 0.1) is 5.02 Å². The van der Waals surface area contributed by atoms with Crippen LogP contribution in [0.3, 0.4) is 0 Å². The number of hydrogen-bond acceptors (Lipinski definition) is 3. The zero-order valence-electron chi connectivity index (χ0n) is 13.1. The third-order valence-corrected chi connectivity index (χ3v) is 4.26. The molecule has 0 bridgehead atoms. The second kappa shape index (κ2) is 9.52. The highest BCUT2D eigenvalue weighted by Crippen LogP contribution is 2.31. The Morgan fingerprint density at radius 3 is 2.52 bits per heavy atom. The molecule has 3 nitrogen and oxygen atoms in total. The lowest BCUT2D eigenvalue weighted by Gasteiger charge is -2.20. The van der Waals surface area contributed by atoms with E-state index >= 15 is 0 Å². The van der Waals surface area contributed by atoms with E-state index in [0.29, 0.717) is 22.6 Å². The fraction of sp³-hybridized carbons (Fsp3) is 0.625. The van der Waals surface area contributed by atoms with E-state index < -0.39 is 0 Å². The van der Waals surface area contributed by atoms with Gasteiger partial charge in [0.15, 0.2) is 0 Å². The first-order chi connectivity index (χ1) is 9.97. The molecule has 1 aromatic rings. The Kier molecular flexibility index (Phi) is 8.42. The Morgan fingerprint density at radius 2 is 1.90 bits per heavy atom. The number of hydrogen-bond donors (Lipinski definition) is 2. The summed E-state index contributed by atoms with van der Waals surface area (Å²) in [5, 5.41) is 14.2. The molecule has 21 heavy (non-hydrogen) atoms. The summed E-state index contributed by atoms with van der Waals surface area (Å²) in [6, 6.07) is 3.69. The third-order valence-electron chi connectivity index (χ3n) is 3.75. The van der Waals surface area contributed by atoms with Crippen LogP contribution in [-0.4, -0.2) is 35.7 Å². The topological polar surface area (TPSA) is 35.5 Å². The van der Waals surface area contributed by atoms with Crippen LogP contribution in [0.1, 0.15) is 39.2 Å². The fourth-order valence-corrected chi connectivity index (χ4v) is 2.84. The molecular weight excluding hydrogens is 307 g/mol. The molecule has 0 radical (unpaired) electrons. The number of halogens is 2. The van der Waals surface area contributed by atoms with Crippen molar-refractivity contribution in [1.82, 2.24) is 10.2 Å². The summed E-state index contributed by atoms with van der Waals surface area (Å²) in [7, 11) is 0. The molecule has 0 saturated carbocycles. The van der Waals surface area contributed by atoms with Gasteiger partial charge in [-0.2, -0.15) is 0 Å². The van der Waals surface area contributed by atoms with E-state index in [1.54, 1.807) is 12.1 Å². The van der Waals surface area contributed by atoms with E-state index in [4.69, 9.17) is 23.2 Å². The minimum absolute atomic E-state index is 0.115. The molecular formula is C16H26Cl2N2O. The molecule has 0 fully saturated rings. The van der Waals surface area contributed by atoms with Crippen LogP contribution in [-0.2, 0) is 6.54 Å². The predicted molar refractivity (Wildman–Crippen MR) is 91.5 cm³/mol.